The zero-order valence-electron chi connectivity index (χ0n) is 19.4. The van der Waals surface area contributed by atoms with Crippen molar-refractivity contribution in [1.29, 1.82) is 0 Å². The molecule has 0 radical (unpaired) electrons. The van der Waals surface area contributed by atoms with E-state index in [9.17, 15) is 45.5 Å². The summed E-state index contributed by atoms with van der Waals surface area (Å²) >= 11 is 0. The number of nitrogens with two attached hydrogens (primary N) is 1. The predicted octanol–water partition coefficient (Wildman–Crippen LogP) is 1.05. The number of likely N-dealkylation sites (tertiary alicyclic amines) is 1. The van der Waals surface area contributed by atoms with Gasteiger partial charge in [-0.25, -0.2) is 0 Å². The molecule has 4 aliphatic heterocycles. The van der Waals surface area contributed by atoms with E-state index in [1.54, 1.807) is 0 Å². The van der Waals surface area contributed by atoms with Crippen molar-refractivity contribution in [3.05, 3.63) is 0 Å². The minimum Gasteiger partial charge on any atom is -0.368 e. The van der Waals surface area contributed by atoms with Crippen LogP contribution in [-0.4, -0.2) is 78.9 Å². The maximum Gasteiger partial charge on any atom is 0.522 e. The quantitative estimate of drug-likeness (QED) is 0.443. The first kappa shape index (κ1) is 26.2. The summed E-state index contributed by atoms with van der Waals surface area (Å²) in [4.78, 5) is 52.4. The summed E-state index contributed by atoms with van der Waals surface area (Å²) < 4.78 is 87.5. The van der Waals surface area contributed by atoms with Crippen LogP contribution in [0.25, 0.3) is 0 Å². The lowest BCUT2D eigenvalue weighted by Crippen LogP contribution is -2.63. The number of ketones is 1. The Balaban J connectivity index is 1.41. The van der Waals surface area contributed by atoms with Gasteiger partial charge in [0.1, 0.15) is 18.2 Å². The fourth-order valence-corrected chi connectivity index (χ4v) is 7.14. The number of hydrogen-bond donors (Lipinski definition) is 2. The highest BCUT2D eigenvalue weighted by molar-refractivity contribution is 5.95. The van der Waals surface area contributed by atoms with Crippen LogP contribution < -0.4 is 11.1 Å². The fourth-order valence-electron chi connectivity index (χ4n) is 7.14. The van der Waals surface area contributed by atoms with Gasteiger partial charge in [0.15, 0.2) is 5.78 Å². The van der Waals surface area contributed by atoms with Gasteiger partial charge in [-0.2, -0.15) is 13.2 Å². The van der Waals surface area contributed by atoms with E-state index in [-0.39, 0.29) is 25.3 Å². The van der Waals surface area contributed by atoms with E-state index in [4.69, 9.17) is 10.5 Å². The van der Waals surface area contributed by atoms with Gasteiger partial charge >= 0.3 is 12.5 Å². The van der Waals surface area contributed by atoms with Gasteiger partial charge in [-0.15, -0.1) is 13.2 Å². The third-order valence-corrected chi connectivity index (χ3v) is 8.93. The van der Waals surface area contributed by atoms with Crippen molar-refractivity contribution in [3.63, 3.8) is 0 Å². The molecule has 3 unspecified atom stereocenters. The number of piperidine rings is 1. The van der Waals surface area contributed by atoms with Crippen LogP contribution in [0.15, 0.2) is 0 Å². The number of amides is 3. The van der Waals surface area contributed by atoms with Gasteiger partial charge in [-0.05, 0) is 25.2 Å². The molecule has 6 rings (SSSR count). The minimum atomic E-state index is -5.10. The van der Waals surface area contributed by atoms with Crippen molar-refractivity contribution < 1.29 is 55.0 Å². The molecule has 2 bridgehead atoms. The molecule has 9 nitrogen and oxygen atoms in total. The Morgan fingerprint density at radius 3 is 2.38 bits per heavy atom. The molecule has 5 atom stereocenters. The van der Waals surface area contributed by atoms with Crippen molar-refractivity contribution in [2.75, 3.05) is 26.3 Å². The largest absolute Gasteiger partial charge is 0.522 e. The molecule has 2 saturated carbocycles. The highest BCUT2D eigenvalue weighted by Crippen LogP contribution is 2.70. The van der Waals surface area contributed by atoms with Gasteiger partial charge in [-0.1, -0.05) is 0 Å². The topological polar surface area (TPSA) is 128 Å². The molecule has 0 aromatic carbocycles. The van der Waals surface area contributed by atoms with E-state index >= 15 is 0 Å². The minimum absolute atomic E-state index is 0.114. The molecule has 0 aromatic rings. The summed E-state index contributed by atoms with van der Waals surface area (Å²) in [5.41, 5.74) is 0.386. The molecular weight excluding hydrogens is 516 g/mol. The van der Waals surface area contributed by atoms with Crippen LogP contribution in [-0.2, 0) is 28.7 Å². The second kappa shape index (κ2) is 8.04. The van der Waals surface area contributed by atoms with Crippen LogP contribution in [0.5, 0.6) is 0 Å². The van der Waals surface area contributed by atoms with E-state index in [2.05, 4.69) is 10.1 Å². The number of Topliss-reactive ketones (excluding diaryl/α,β-unsaturated/α-hetero) is 1. The number of carbonyl (C=O) groups is 4. The lowest BCUT2D eigenvalue weighted by Gasteiger charge is -2.46. The van der Waals surface area contributed by atoms with Crippen LogP contribution >= 0.6 is 0 Å². The van der Waals surface area contributed by atoms with Gasteiger partial charge in [0.05, 0.1) is 12.0 Å². The molecule has 37 heavy (non-hydrogen) atoms. The van der Waals surface area contributed by atoms with E-state index in [1.165, 1.54) is 0 Å². The lowest BCUT2D eigenvalue weighted by molar-refractivity contribution is -0.321. The standard InChI is InChI=1S/C22H25F6N3O6/c23-21(24,25)18-7-19(8-18,37-9-18)17(35)31-5-11-4-20(11,14(31)15(29)33)12(3-10-1-2-30-16(10)34)13(32)6-36-22(26,27)28/h10-12,14H,1-9H2,(H2,29,33)(H,30,34)/t10-,11?,12-,14?,18?,19?,20?/m1/s1. The molecule has 3 amide bonds. The van der Waals surface area contributed by atoms with Crippen molar-refractivity contribution >= 4 is 23.5 Å². The first-order valence-electron chi connectivity index (χ1n) is 11.9. The number of ether oxygens (including phenoxy) is 2. The predicted molar refractivity (Wildman–Crippen MR) is 108 cm³/mol. The zero-order chi connectivity index (χ0) is 27.2. The number of primary amides is 1. The molecule has 4 heterocycles. The lowest BCUT2D eigenvalue weighted by atomic mass is 9.61. The molecule has 206 valence electrons. The van der Waals surface area contributed by atoms with Crippen molar-refractivity contribution in [3.8, 4) is 0 Å². The summed E-state index contributed by atoms with van der Waals surface area (Å²) in [6, 6.07) is -1.45. The van der Waals surface area contributed by atoms with Gasteiger partial charge in [0.2, 0.25) is 11.8 Å². The smallest absolute Gasteiger partial charge is 0.368 e. The summed E-state index contributed by atoms with van der Waals surface area (Å²) in [6.45, 7) is -1.85. The molecular formula is C22H25F6N3O6. The fraction of sp³-hybridized carbons (Fsp3) is 0.818. The average molecular weight is 541 g/mol. The molecule has 0 spiro atoms. The van der Waals surface area contributed by atoms with Crippen LogP contribution in [0.4, 0.5) is 26.3 Å². The number of nitrogens with zero attached hydrogens (tertiary/aromatic N) is 1. The van der Waals surface area contributed by atoms with Crippen LogP contribution in [0.2, 0.25) is 0 Å². The third-order valence-electron chi connectivity index (χ3n) is 8.93. The van der Waals surface area contributed by atoms with Crippen molar-refractivity contribution in [1.82, 2.24) is 10.2 Å². The Bertz CT molecular complexity index is 1040. The van der Waals surface area contributed by atoms with Crippen molar-refractivity contribution in [2.24, 2.45) is 34.3 Å². The maximum absolute atomic E-state index is 13.5. The summed E-state index contributed by atoms with van der Waals surface area (Å²) in [5.74, 6) is -5.74. The normalized spacial score (nSPS) is 39.1. The second-order valence-corrected chi connectivity index (χ2v) is 11.0. The monoisotopic (exact) mass is 541 g/mol. The average Bonchev–Trinajstić information content (AvgIpc) is 3.20. The number of carbonyl (C=O) groups excluding carboxylic acids is 4. The van der Waals surface area contributed by atoms with Gasteiger partial charge < -0.3 is 20.7 Å². The van der Waals surface area contributed by atoms with Crippen molar-refractivity contribution in [2.45, 2.75) is 56.3 Å². The van der Waals surface area contributed by atoms with Gasteiger partial charge in [0.25, 0.3) is 5.91 Å². The van der Waals surface area contributed by atoms with Gasteiger partial charge in [0, 0.05) is 43.2 Å². The first-order valence-corrected chi connectivity index (χ1v) is 11.9. The molecule has 6 aliphatic rings. The summed E-state index contributed by atoms with van der Waals surface area (Å²) in [5, 5.41) is 2.58. The Morgan fingerprint density at radius 2 is 1.86 bits per heavy atom. The molecule has 2 aliphatic carbocycles. The van der Waals surface area contributed by atoms with Crippen LogP contribution in [0, 0.1) is 28.6 Å². The molecule has 3 N–H and O–H groups in total. The van der Waals surface area contributed by atoms with E-state index in [0.717, 1.165) is 4.90 Å². The number of fused-ring (bicyclic) bond motifs is 2. The Kier molecular flexibility index (Phi) is 5.69. The number of hydrogen-bond acceptors (Lipinski definition) is 6. The highest BCUT2D eigenvalue weighted by Gasteiger charge is 2.79. The number of nitrogens with one attached hydrogen (secondary N) is 1. The van der Waals surface area contributed by atoms with Crippen LogP contribution in [0.1, 0.15) is 32.1 Å². The first-order chi connectivity index (χ1) is 17.1. The third kappa shape index (κ3) is 3.91. The van der Waals surface area contributed by atoms with E-state index in [0.29, 0.717) is 13.0 Å². The van der Waals surface area contributed by atoms with E-state index in [1.807, 2.05) is 0 Å². The zero-order valence-corrected chi connectivity index (χ0v) is 19.4. The Hall–Kier alpha value is -2.42. The van der Waals surface area contributed by atoms with Gasteiger partial charge in [-0.3, -0.25) is 23.9 Å². The Labute approximate surface area is 206 Å². The summed E-state index contributed by atoms with van der Waals surface area (Å²) in [7, 11) is 0. The highest BCUT2D eigenvalue weighted by atomic mass is 19.4. The Morgan fingerprint density at radius 1 is 1.19 bits per heavy atom. The van der Waals surface area contributed by atoms with E-state index < -0.39 is 96.4 Å². The summed E-state index contributed by atoms with van der Waals surface area (Å²) in [6.07, 6.45) is -10.6. The van der Waals surface area contributed by atoms with Crippen LogP contribution in [0.3, 0.4) is 0 Å². The molecule has 6 fully saturated rings. The molecule has 15 heteroatoms. The number of halogens is 6. The second-order valence-electron chi connectivity index (χ2n) is 11.0. The number of rotatable bonds is 8. The number of alkyl halides is 6. The molecule has 4 saturated heterocycles. The molecule has 0 aromatic heterocycles. The maximum atomic E-state index is 13.5. The SMILES string of the molecule is NC(=O)C1N(C(=O)C23CC(C(F)(F)F)(CO2)C3)CC2CC21[C@H](C[C@H]1CCNC1=O)C(=O)COC(F)(F)F.